The first-order chi connectivity index (χ1) is 5.61. The van der Waals surface area contributed by atoms with Gasteiger partial charge in [-0.05, 0) is 26.7 Å². The molecule has 0 aromatic rings. The molecule has 12 heavy (non-hydrogen) atoms. The molecule has 1 aliphatic rings. The van der Waals surface area contributed by atoms with Crippen LogP contribution < -0.4 is 0 Å². The molecule has 0 saturated carbocycles. The van der Waals surface area contributed by atoms with Crippen molar-refractivity contribution in [2.45, 2.75) is 33.1 Å². The van der Waals surface area contributed by atoms with Crippen LogP contribution in [-0.4, -0.2) is 24.4 Å². The zero-order valence-electron chi connectivity index (χ0n) is 8.18. The SMILES string of the molecule is C/C1=C(/C)CCN(C)C(=O)CC1. The lowest BCUT2D eigenvalue weighted by atomic mass is 10.0. The maximum atomic E-state index is 11.3. The van der Waals surface area contributed by atoms with E-state index in [-0.39, 0.29) is 5.91 Å². The summed E-state index contributed by atoms with van der Waals surface area (Å²) in [4.78, 5) is 13.2. The van der Waals surface area contributed by atoms with Crippen molar-refractivity contribution in [1.29, 1.82) is 0 Å². The summed E-state index contributed by atoms with van der Waals surface area (Å²) in [5.41, 5.74) is 2.85. The zero-order valence-corrected chi connectivity index (χ0v) is 8.18. The molecule has 1 rings (SSSR count). The topological polar surface area (TPSA) is 20.3 Å². The molecule has 0 aromatic heterocycles. The number of carbonyl (C=O) groups is 1. The van der Waals surface area contributed by atoms with Crippen LogP contribution in [0.3, 0.4) is 0 Å². The van der Waals surface area contributed by atoms with Crippen LogP contribution in [0.25, 0.3) is 0 Å². The molecule has 0 saturated heterocycles. The standard InChI is InChI=1S/C10H17NO/c1-8-4-5-10(12)11(3)7-6-9(8)2/h4-7H2,1-3H3/b9-8+. The van der Waals surface area contributed by atoms with Gasteiger partial charge in [-0.2, -0.15) is 0 Å². The van der Waals surface area contributed by atoms with Crippen LogP contribution in [-0.2, 0) is 4.79 Å². The van der Waals surface area contributed by atoms with Crippen molar-refractivity contribution in [3.63, 3.8) is 0 Å². The number of allylic oxidation sites excluding steroid dienone is 1. The van der Waals surface area contributed by atoms with Crippen molar-refractivity contribution < 1.29 is 4.79 Å². The minimum atomic E-state index is 0.279. The van der Waals surface area contributed by atoms with Gasteiger partial charge in [0, 0.05) is 20.0 Å². The highest BCUT2D eigenvalue weighted by Crippen LogP contribution is 2.17. The summed E-state index contributed by atoms with van der Waals surface area (Å²) in [6, 6.07) is 0. The summed E-state index contributed by atoms with van der Waals surface area (Å²) in [5, 5.41) is 0. The van der Waals surface area contributed by atoms with Crippen molar-refractivity contribution in [2.24, 2.45) is 0 Å². The second-order valence-electron chi connectivity index (χ2n) is 3.63. The lowest BCUT2D eigenvalue weighted by molar-refractivity contribution is -0.129. The average Bonchev–Trinajstić information content (AvgIpc) is 2.07. The molecule has 0 spiro atoms. The first-order valence-corrected chi connectivity index (χ1v) is 4.50. The number of carbonyl (C=O) groups excluding carboxylic acids is 1. The summed E-state index contributed by atoms with van der Waals surface area (Å²) >= 11 is 0. The van der Waals surface area contributed by atoms with Gasteiger partial charge in [-0.25, -0.2) is 0 Å². The Morgan fingerprint density at radius 2 is 1.67 bits per heavy atom. The van der Waals surface area contributed by atoms with Gasteiger partial charge in [0.2, 0.25) is 5.91 Å². The van der Waals surface area contributed by atoms with Gasteiger partial charge in [0.15, 0.2) is 0 Å². The van der Waals surface area contributed by atoms with Crippen molar-refractivity contribution in [3.05, 3.63) is 11.1 Å². The summed E-state index contributed by atoms with van der Waals surface area (Å²) in [6.45, 7) is 5.18. The molecular weight excluding hydrogens is 150 g/mol. The van der Waals surface area contributed by atoms with Crippen LogP contribution in [0.4, 0.5) is 0 Å². The van der Waals surface area contributed by atoms with Crippen molar-refractivity contribution >= 4 is 5.91 Å². The molecule has 0 bridgehead atoms. The number of amides is 1. The maximum Gasteiger partial charge on any atom is 0.222 e. The fraction of sp³-hybridized carbons (Fsp3) is 0.700. The molecule has 0 unspecified atom stereocenters. The molecule has 0 aromatic carbocycles. The highest BCUT2D eigenvalue weighted by Gasteiger charge is 2.12. The van der Waals surface area contributed by atoms with Gasteiger partial charge >= 0.3 is 0 Å². The molecular formula is C10H17NO. The van der Waals surface area contributed by atoms with Gasteiger partial charge < -0.3 is 4.90 Å². The van der Waals surface area contributed by atoms with E-state index >= 15 is 0 Å². The van der Waals surface area contributed by atoms with E-state index in [0.717, 1.165) is 19.4 Å². The molecule has 0 aliphatic carbocycles. The first-order valence-electron chi connectivity index (χ1n) is 4.50. The molecule has 0 atom stereocenters. The molecule has 0 fully saturated rings. The molecule has 1 amide bonds. The van der Waals surface area contributed by atoms with Crippen LogP contribution in [0.15, 0.2) is 11.1 Å². The first kappa shape index (κ1) is 9.30. The number of hydrogen-bond donors (Lipinski definition) is 0. The number of nitrogens with zero attached hydrogens (tertiary/aromatic N) is 1. The highest BCUT2D eigenvalue weighted by molar-refractivity contribution is 5.76. The summed E-state index contributed by atoms with van der Waals surface area (Å²) < 4.78 is 0. The maximum absolute atomic E-state index is 11.3. The van der Waals surface area contributed by atoms with Crippen molar-refractivity contribution in [3.8, 4) is 0 Å². The molecule has 1 aliphatic heterocycles. The Morgan fingerprint density at radius 3 is 2.33 bits per heavy atom. The lowest BCUT2D eigenvalue weighted by Gasteiger charge is -2.21. The van der Waals surface area contributed by atoms with E-state index in [0.29, 0.717) is 6.42 Å². The van der Waals surface area contributed by atoms with E-state index in [1.807, 2.05) is 11.9 Å². The predicted molar refractivity (Wildman–Crippen MR) is 49.9 cm³/mol. The fourth-order valence-corrected chi connectivity index (χ4v) is 1.37. The van der Waals surface area contributed by atoms with Crippen molar-refractivity contribution in [1.82, 2.24) is 4.90 Å². The summed E-state index contributed by atoms with van der Waals surface area (Å²) in [6.07, 6.45) is 2.66. The van der Waals surface area contributed by atoms with E-state index < -0.39 is 0 Å². The smallest absolute Gasteiger partial charge is 0.222 e. The third kappa shape index (κ3) is 2.10. The molecule has 68 valence electrons. The Bertz CT molecular complexity index is 218. The zero-order chi connectivity index (χ0) is 9.14. The van der Waals surface area contributed by atoms with Crippen LogP contribution in [0.5, 0.6) is 0 Å². The summed E-state index contributed by atoms with van der Waals surface area (Å²) in [7, 11) is 1.89. The Balaban J connectivity index is 2.69. The van der Waals surface area contributed by atoms with Crippen LogP contribution in [0.1, 0.15) is 33.1 Å². The third-order valence-electron chi connectivity index (χ3n) is 2.69. The fourth-order valence-electron chi connectivity index (χ4n) is 1.37. The minimum Gasteiger partial charge on any atom is -0.345 e. The highest BCUT2D eigenvalue weighted by atomic mass is 16.2. The molecule has 2 nitrogen and oxygen atoms in total. The minimum absolute atomic E-state index is 0.279. The Morgan fingerprint density at radius 1 is 1.08 bits per heavy atom. The van der Waals surface area contributed by atoms with Gasteiger partial charge in [0.25, 0.3) is 0 Å². The van der Waals surface area contributed by atoms with Gasteiger partial charge in [-0.15, -0.1) is 0 Å². The molecule has 2 heteroatoms. The second-order valence-corrected chi connectivity index (χ2v) is 3.63. The third-order valence-corrected chi connectivity index (χ3v) is 2.69. The van der Waals surface area contributed by atoms with Crippen LogP contribution in [0, 0.1) is 0 Å². The van der Waals surface area contributed by atoms with Gasteiger partial charge in [-0.1, -0.05) is 11.1 Å². The van der Waals surface area contributed by atoms with E-state index in [9.17, 15) is 4.79 Å². The van der Waals surface area contributed by atoms with Crippen molar-refractivity contribution in [2.75, 3.05) is 13.6 Å². The molecule has 0 N–H and O–H groups in total. The molecule has 0 radical (unpaired) electrons. The largest absolute Gasteiger partial charge is 0.345 e. The Kier molecular flexibility index (Phi) is 2.90. The Hall–Kier alpha value is -0.790. The molecule has 1 heterocycles. The van der Waals surface area contributed by atoms with Gasteiger partial charge in [0.05, 0.1) is 0 Å². The quantitative estimate of drug-likeness (QED) is 0.505. The Labute approximate surface area is 74.2 Å². The average molecular weight is 167 g/mol. The van der Waals surface area contributed by atoms with Crippen LogP contribution in [0.2, 0.25) is 0 Å². The number of hydrogen-bond acceptors (Lipinski definition) is 1. The van der Waals surface area contributed by atoms with E-state index in [4.69, 9.17) is 0 Å². The summed E-state index contributed by atoms with van der Waals surface area (Å²) in [5.74, 6) is 0.279. The number of rotatable bonds is 0. The van der Waals surface area contributed by atoms with Gasteiger partial charge in [0.1, 0.15) is 0 Å². The van der Waals surface area contributed by atoms with Crippen LogP contribution >= 0.6 is 0 Å². The monoisotopic (exact) mass is 167 g/mol. The normalized spacial score (nSPS) is 26.9. The van der Waals surface area contributed by atoms with E-state index in [2.05, 4.69) is 13.8 Å². The van der Waals surface area contributed by atoms with E-state index in [1.165, 1.54) is 11.1 Å². The second kappa shape index (κ2) is 3.74. The lowest BCUT2D eigenvalue weighted by Crippen LogP contribution is -2.28. The van der Waals surface area contributed by atoms with Gasteiger partial charge in [-0.3, -0.25) is 4.79 Å². The predicted octanol–water partition coefficient (Wildman–Crippen LogP) is 1.97. The van der Waals surface area contributed by atoms with E-state index in [1.54, 1.807) is 0 Å².